The van der Waals surface area contributed by atoms with E-state index >= 15 is 0 Å². The minimum Gasteiger partial charge on any atom is -0.207 e. The van der Waals surface area contributed by atoms with Crippen LogP contribution < -0.4 is 0 Å². The van der Waals surface area contributed by atoms with Crippen molar-refractivity contribution in [3.05, 3.63) is 53.3 Å². The minimum atomic E-state index is -3.34. The topological polar surface area (TPSA) is 37.4 Å². The van der Waals surface area contributed by atoms with Crippen LogP contribution in [-0.2, 0) is 23.0 Å². The predicted octanol–water partition coefficient (Wildman–Crippen LogP) is 3.19. The molecule has 1 aliphatic heterocycles. The van der Waals surface area contributed by atoms with Gasteiger partial charge in [0.15, 0.2) is 0 Å². The summed E-state index contributed by atoms with van der Waals surface area (Å²) in [5.41, 5.74) is 3.04. The molecule has 3 rings (SSSR count). The summed E-state index contributed by atoms with van der Waals surface area (Å²) in [7, 11) is -1.78. The number of aryl methyl sites for hydroxylation is 1. The standard InChI is InChI=1S/C16H16FNO2S/c1-3-11-4-5-13(9-15(11)17)12-6-7-16-14(8-12)10-18(2)21(16,19)20/h4-9H,3,10H2,1-2H3. The summed E-state index contributed by atoms with van der Waals surface area (Å²) in [4.78, 5) is 0.347. The maximum atomic E-state index is 13.9. The lowest BCUT2D eigenvalue weighted by atomic mass is 10.0. The largest absolute Gasteiger partial charge is 0.243 e. The van der Waals surface area contributed by atoms with E-state index in [-0.39, 0.29) is 5.82 Å². The number of hydrogen-bond acceptors (Lipinski definition) is 2. The van der Waals surface area contributed by atoms with Gasteiger partial charge in [0.1, 0.15) is 5.82 Å². The van der Waals surface area contributed by atoms with Crippen molar-refractivity contribution in [1.82, 2.24) is 4.31 Å². The Morgan fingerprint density at radius 3 is 2.48 bits per heavy atom. The Morgan fingerprint density at radius 2 is 1.81 bits per heavy atom. The van der Waals surface area contributed by atoms with Gasteiger partial charge in [0.05, 0.1) is 4.90 Å². The summed E-state index contributed by atoms with van der Waals surface area (Å²) in [6, 6.07) is 10.3. The van der Waals surface area contributed by atoms with Crippen molar-refractivity contribution in [2.75, 3.05) is 7.05 Å². The molecule has 110 valence electrons. The molecule has 3 nitrogen and oxygen atoms in total. The third kappa shape index (κ3) is 2.26. The van der Waals surface area contributed by atoms with Crippen LogP contribution >= 0.6 is 0 Å². The molecule has 0 radical (unpaired) electrons. The zero-order valence-electron chi connectivity index (χ0n) is 11.9. The molecule has 1 aliphatic rings. The molecule has 0 atom stereocenters. The van der Waals surface area contributed by atoms with E-state index in [0.717, 1.165) is 16.7 Å². The second-order valence-electron chi connectivity index (χ2n) is 5.24. The maximum Gasteiger partial charge on any atom is 0.243 e. The summed E-state index contributed by atoms with van der Waals surface area (Å²) in [5, 5.41) is 0. The Kier molecular flexibility index (Phi) is 3.34. The van der Waals surface area contributed by atoms with Crippen LogP contribution in [-0.4, -0.2) is 19.8 Å². The van der Waals surface area contributed by atoms with Gasteiger partial charge in [0.2, 0.25) is 10.0 Å². The smallest absolute Gasteiger partial charge is 0.207 e. The fourth-order valence-corrected chi connectivity index (χ4v) is 3.98. The molecule has 21 heavy (non-hydrogen) atoms. The van der Waals surface area contributed by atoms with Crippen molar-refractivity contribution in [1.29, 1.82) is 0 Å². The molecular formula is C16H16FNO2S. The van der Waals surface area contributed by atoms with Gasteiger partial charge in [-0.1, -0.05) is 25.1 Å². The van der Waals surface area contributed by atoms with Crippen LogP contribution in [0.15, 0.2) is 41.3 Å². The summed E-state index contributed by atoms with van der Waals surface area (Å²) < 4.78 is 39.3. The van der Waals surface area contributed by atoms with E-state index in [0.29, 0.717) is 23.4 Å². The first-order valence-corrected chi connectivity index (χ1v) is 8.25. The van der Waals surface area contributed by atoms with E-state index in [2.05, 4.69) is 0 Å². The van der Waals surface area contributed by atoms with Gasteiger partial charge in [-0.05, 0) is 46.9 Å². The summed E-state index contributed by atoms with van der Waals surface area (Å²) >= 11 is 0. The summed E-state index contributed by atoms with van der Waals surface area (Å²) in [5.74, 6) is -0.222. The first-order valence-electron chi connectivity index (χ1n) is 6.81. The normalized spacial score (nSPS) is 16.9. The molecule has 0 fully saturated rings. The van der Waals surface area contributed by atoms with E-state index in [4.69, 9.17) is 0 Å². The second-order valence-corrected chi connectivity index (χ2v) is 7.26. The summed E-state index contributed by atoms with van der Waals surface area (Å²) in [6.07, 6.45) is 0.652. The number of rotatable bonds is 2. The van der Waals surface area contributed by atoms with E-state index in [9.17, 15) is 12.8 Å². The van der Waals surface area contributed by atoms with E-state index in [1.54, 1.807) is 25.2 Å². The molecule has 5 heteroatoms. The highest BCUT2D eigenvalue weighted by molar-refractivity contribution is 7.89. The zero-order chi connectivity index (χ0) is 15.2. The van der Waals surface area contributed by atoms with Gasteiger partial charge in [0.25, 0.3) is 0 Å². The number of nitrogens with zero attached hydrogens (tertiary/aromatic N) is 1. The van der Waals surface area contributed by atoms with Crippen LogP contribution in [0.2, 0.25) is 0 Å². The third-order valence-corrected chi connectivity index (χ3v) is 5.81. The lowest BCUT2D eigenvalue weighted by Gasteiger charge is -2.06. The molecule has 2 aromatic rings. The number of sulfonamides is 1. The van der Waals surface area contributed by atoms with Crippen LogP contribution in [0.25, 0.3) is 11.1 Å². The monoisotopic (exact) mass is 305 g/mol. The molecule has 0 aromatic heterocycles. The van der Waals surface area contributed by atoms with Crippen molar-refractivity contribution < 1.29 is 12.8 Å². The molecular weight excluding hydrogens is 289 g/mol. The minimum absolute atomic E-state index is 0.222. The molecule has 0 saturated carbocycles. The van der Waals surface area contributed by atoms with Crippen LogP contribution in [0.1, 0.15) is 18.1 Å². The van der Waals surface area contributed by atoms with E-state index in [1.807, 2.05) is 19.1 Å². The Bertz CT molecular complexity index is 815. The van der Waals surface area contributed by atoms with Gasteiger partial charge in [-0.15, -0.1) is 0 Å². The van der Waals surface area contributed by atoms with Crippen molar-refractivity contribution in [2.45, 2.75) is 24.8 Å². The Balaban J connectivity index is 2.07. The van der Waals surface area contributed by atoms with Gasteiger partial charge in [-0.2, -0.15) is 4.31 Å². The first kappa shape index (κ1) is 14.2. The quantitative estimate of drug-likeness (QED) is 0.854. The molecule has 0 saturated heterocycles. The highest BCUT2D eigenvalue weighted by Crippen LogP contribution is 2.33. The second kappa shape index (κ2) is 4.93. The van der Waals surface area contributed by atoms with Crippen molar-refractivity contribution in [3.8, 4) is 11.1 Å². The fraction of sp³-hybridized carbons (Fsp3) is 0.250. The third-order valence-electron chi connectivity index (χ3n) is 3.91. The van der Waals surface area contributed by atoms with Gasteiger partial charge < -0.3 is 0 Å². The van der Waals surface area contributed by atoms with Gasteiger partial charge in [-0.25, -0.2) is 12.8 Å². The molecule has 0 N–H and O–H groups in total. The lowest BCUT2D eigenvalue weighted by molar-refractivity contribution is 0.488. The van der Waals surface area contributed by atoms with Crippen LogP contribution in [0.5, 0.6) is 0 Å². The Morgan fingerprint density at radius 1 is 1.14 bits per heavy atom. The highest BCUT2D eigenvalue weighted by Gasteiger charge is 2.31. The molecule has 0 aliphatic carbocycles. The average molecular weight is 305 g/mol. The van der Waals surface area contributed by atoms with Gasteiger partial charge >= 0.3 is 0 Å². The molecule has 1 heterocycles. The van der Waals surface area contributed by atoms with E-state index in [1.165, 1.54) is 10.4 Å². The Labute approximate surface area is 124 Å². The predicted molar refractivity (Wildman–Crippen MR) is 79.9 cm³/mol. The molecule has 0 unspecified atom stereocenters. The lowest BCUT2D eigenvalue weighted by Crippen LogP contribution is -2.18. The van der Waals surface area contributed by atoms with Crippen molar-refractivity contribution >= 4 is 10.0 Å². The molecule has 2 aromatic carbocycles. The van der Waals surface area contributed by atoms with Gasteiger partial charge in [0, 0.05) is 13.6 Å². The van der Waals surface area contributed by atoms with Crippen LogP contribution in [0.4, 0.5) is 4.39 Å². The molecule has 0 bridgehead atoms. The highest BCUT2D eigenvalue weighted by atomic mass is 32.2. The SMILES string of the molecule is CCc1ccc(-c2ccc3c(c2)CN(C)S3(=O)=O)cc1F. The first-order chi connectivity index (χ1) is 9.93. The molecule has 0 amide bonds. The fourth-order valence-electron chi connectivity index (χ4n) is 2.64. The zero-order valence-corrected chi connectivity index (χ0v) is 12.7. The molecule has 0 spiro atoms. The summed E-state index contributed by atoms with van der Waals surface area (Å²) in [6.45, 7) is 2.27. The number of hydrogen-bond donors (Lipinski definition) is 0. The van der Waals surface area contributed by atoms with E-state index < -0.39 is 10.0 Å². The van der Waals surface area contributed by atoms with Gasteiger partial charge in [-0.3, -0.25) is 0 Å². The van der Waals surface area contributed by atoms with Crippen LogP contribution in [0.3, 0.4) is 0 Å². The number of fused-ring (bicyclic) bond motifs is 1. The number of halogens is 1. The maximum absolute atomic E-state index is 13.9. The van der Waals surface area contributed by atoms with Crippen molar-refractivity contribution in [2.24, 2.45) is 0 Å². The Hall–Kier alpha value is -1.72. The average Bonchev–Trinajstić information content (AvgIpc) is 2.68. The van der Waals surface area contributed by atoms with Crippen molar-refractivity contribution in [3.63, 3.8) is 0 Å². The number of benzene rings is 2. The van der Waals surface area contributed by atoms with Crippen LogP contribution in [0, 0.1) is 5.82 Å².